The van der Waals surface area contributed by atoms with Gasteiger partial charge in [0.05, 0.1) is 10.2 Å². The molecule has 0 bridgehead atoms. The number of halogens is 1. The summed E-state index contributed by atoms with van der Waals surface area (Å²) in [5.41, 5.74) is 3.32. The number of anilines is 2. The van der Waals surface area contributed by atoms with Crippen molar-refractivity contribution in [2.24, 2.45) is 0 Å². The van der Waals surface area contributed by atoms with Crippen LogP contribution in [-0.4, -0.2) is 11.0 Å². The van der Waals surface area contributed by atoms with E-state index in [-0.39, 0.29) is 6.03 Å². The van der Waals surface area contributed by atoms with Crippen LogP contribution in [0.1, 0.15) is 0 Å². The fraction of sp³-hybridized carbons (Fsp3) is 0. The molecule has 0 unspecified atom stereocenters. The Labute approximate surface area is 159 Å². The van der Waals surface area contributed by atoms with Crippen molar-refractivity contribution >= 4 is 50.6 Å². The maximum absolute atomic E-state index is 12.2. The number of fused-ring (bicyclic) bond motifs is 1. The molecule has 0 atom stereocenters. The number of hydrogen-bond acceptors (Lipinski definition) is 3. The van der Waals surface area contributed by atoms with E-state index >= 15 is 0 Å². The molecule has 6 heteroatoms. The maximum atomic E-state index is 12.2. The van der Waals surface area contributed by atoms with Crippen molar-refractivity contribution in [3.63, 3.8) is 0 Å². The Hall–Kier alpha value is -2.89. The van der Waals surface area contributed by atoms with Crippen LogP contribution in [0.3, 0.4) is 0 Å². The SMILES string of the molecule is O=C(Nc1ccc(Cl)cc1)Nc1cccc(-c2nc3ccccc3s2)c1. The standard InChI is InChI=1S/C20H14ClN3OS/c21-14-8-10-15(11-9-14)22-20(25)23-16-5-3-4-13(12-16)19-24-17-6-1-2-7-18(17)26-19/h1-12H,(H2,22,23,25). The van der Waals surface area contributed by atoms with E-state index in [1.54, 1.807) is 35.6 Å². The van der Waals surface area contributed by atoms with Gasteiger partial charge in [0.25, 0.3) is 0 Å². The van der Waals surface area contributed by atoms with Crippen molar-refractivity contribution in [3.05, 3.63) is 77.8 Å². The monoisotopic (exact) mass is 379 g/mol. The molecule has 0 saturated carbocycles. The maximum Gasteiger partial charge on any atom is 0.323 e. The average Bonchev–Trinajstić information content (AvgIpc) is 3.08. The fourth-order valence-electron chi connectivity index (χ4n) is 2.55. The molecule has 4 nitrogen and oxygen atoms in total. The summed E-state index contributed by atoms with van der Waals surface area (Å²) in [4.78, 5) is 16.8. The number of carbonyl (C=O) groups is 1. The predicted octanol–water partition coefficient (Wildman–Crippen LogP) is 6.26. The van der Waals surface area contributed by atoms with Crippen LogP contribution in [0.4, 0.5) is 16.2 Å². The number of amides is 2. The second-order valence-corrected chi connectivity index (χ2v) is 7.12. The van der Waals surface area contributed by atoms with Gasteiger partial charge in [-0.15, -0.1) is 11.3 Å². The van der Waals surface area contributed by atoms with Crippen molar-refractivity contribution in [3.8, 4) is 10.6 Å². The lowest BCUT2D eigenvalue weighted by molar-refractivity contribution is 0.262. The topological polar surface area (TPSA) is 54.0 Å². The molecule has 128 valence electrons. The molecular formula is C20H14ClN3OS. The van der Waals surface area contributed by atoms with E-state index in [1.165, 1.54) is 0 Å². The summed E-state index contributed by atoms with van der Waals surface area (Å²) in [7, 11) is 0. The Morgan fingerprint density at radius 1 is 0.885 bits per heavy atom. The summed E-state index contributed by atoms with van der Waals surface area (Å²) in [6.45, 7) is 0. The van der Waals surface area contributed by atoms with Gasteiger partial charge < -0.3 is 10.6 Å². The molecule has 0 aliphatic heterocycles. The van der Waals surface area contributed by atoms with Crippen LogP contribution >= 0.6 is 22.9 Å². The van der Waals surface area contributed by atoms with Gasteiger partial charge in [0.1, 0.15) is 5.01 Å². The third-order valence-corrected chi connectivity index (χ3v) is 5.10. The van der Waals surface area contributed by atoms with Crippen molar-refractivity contribution in [1.29, 1.82) is 0 Å². The van der Waals surface area contributed by atoms with Crippen LogP contribution in [-0.2, 0) is 0 Å². The predicted molar refractivity (Wildman–Crippen MR) is 109 cm³/mol. The van der Waals surface area contributed by atoms with Gasteiger partial charge >= 0.3 is 6.03 Å². The number of thiazole rings is 1. The van der Waals surface area contributed by atoms with Crippen LogP contribution in [0, 0.1) is 0 Å². The first kappa shape index (κ1) is 16.6. The highest BCUT2D eigenvalue weighted by Crippen LogP contribution is 2.31. The quantitative estimate of drug-likeness (QED) is 0.441. The molecule has 26 heavy (non-hydrogen) atoms. The smallest absolute Gasteiger partial charge is 0.308 e. The zero-order chi connectivity index (χ0) is 17.9. The summed E-state index contributed by atoms with van der Waals surface area (Å²) < 4.78 is 1.14. The van der Waals surface area contributed by atoms with Crippen molar-refractivity contribution in [1.82, 2.24) is 4.98 Å². The Kier molecular flexibility index (Phi) is 4.56. The molecule has 0 aliphatic rings. The molecular weight excluding hydrogens is 366 g/mol. The summed E-state index contributed by atoms with van der Waals surface area (Å²) in [6.07, 6.45) is 0. The number of urea groups is 1. The van der Waals surface area contributed by atoms with Gasteiger partial charge in [-0.3, -0.25) is 0 Å². The Bertz CT molecular complexity index is 1040. The molecule has 1 heterocycles. The Balaban J connectivity index is 1.51. The van der Waals surface area contributed by atoms with E-state index in [0.717, 1.165) is 20.8 Å². The van der Waals surface area contributed by atoms with Crippen molar-refractivity contribution in [2.45, 2.75) is 0 Å². The molecule has 4 aromatic rings. The van der Waals surface area contributed by atoms with Gasteiger partial charge in [-0.25, -0.2) is 9.78 Å². The lowest BCUT2D eigenvalue weighted by Gasteiger charge is -2.08. The highest BCUT2D eigenvalue weighted by atomic mass is 35.5. The van der Waals surface area contributed by atoms with Gasteiger partial charge in [-0.05, 0) is 48.5 Å². The van der Waals surface area contributed by atoms with Gasteiger partial charge in [-0.1, -0.05) is 35.9 Å². The normalized spacial score (nSPS) is 10.7. The number of carbonyl (C=O) groups excluding carboxylic acids is 1. The first-order valence-electron chi connectivity index (χ1n) is 7.97. The third kappa shape index (κ3) is 3.69. The summed E-state index contributed by atoms with van der Waals surface area (Å²) in [6, 6.07) is 22.3. The number of rotatable bonds is 3. The van der Waals surface area contributed by atoms with Crippen molar-refractivity contribution < 1.29 is 4.79 Å². The molecule has 0 saturated heterocycles. The summed E-state index contributed by atoms with van der Waals surface area (Å²) >= 11 is 7.48. The second-order valence-electron chi connectivity index (χ2n) is 5.65. The molecule has 1 aromatic heterocycles. The lowest BCUT2D eigenvalue weighted by Crippen LogP contribution is -2.19. The zero-order valence-corrected chi connectivity index (χ0v) is 15.1. The molecule has 2 amide bonds. The van der Waals surface area contributed by atoms with E-state index in [0.29, 0.717) is 16.4 Å². The second kappa shape index (κ2) is 7.15. The van der Waals surface area contributed by atoms with Crippen molar-refractivity contribution in [2.75, 3.05) is 10.6 Å². The van der Waals surface area contributed by atoms with E-state index in [2.05, 4.69) is 21.7 Å². The third-order valence-electron chi connectivity index (χ3n) is 3.76. The Morgan fingerprint density at radius 2 is 1.65 bits per heavy atom. The van der Waals surface area contributed by atoms with E-state index < -0.39 is 0 Å². The van der Waals surface area contributed by atoms with Gasteiger partial charge in [0.15, 0.2) is 0 Å². The first-order chi connectivity index (χ1) is 12.7. The summed E-state index contributed by atoms with van der Waals surface area (Å²) in [5.74, 6) is 0. The highest BCUT2D eigenvalue weighted by Gasteiger charge is 2.08. The number of benzene rings is 3. The number of para-hydroxylation sites is 1. The number of aromatic nitrogens is 1. The molecule has 4 rings (SSSR count). The van der Waals surface area contributed by atoms with Gasteiger partial charge in [0, 0.05) is 22.0 Å². The number of hydrogen-bond donors (Lipinski definition) is 2. The molecule has 3 aromatic carbocycles. The number of nitrogens with one attached hydrogen (secondary N) is 2. The zero-order valence-electron chi connectivity index (χ0n) is 13.6. The number of nitrogens with zero attached hydrogens (tertiary/aromatic N) is 1. The van der Waals surface area contributed by atoms with E-state index in [9.17, 15) is 4.79 Å². The minimum absolute atomic E-state index is 0.311. The highest BCUT2D eigenvalue weighted by molar-refractivity contribution is 7.21. The van der Waals surface area contributed by atoms with E-state index in [4.69, 9.17) is 11.6 Å². The molecule has 0 radical (unpaired) electrons. The first-order valence-corrected chi connectivity index (χ1v) is 9.16. The van der Waals surface area contributed by atoms with Crippen LogP contribution in [0.5, 0.6) is 0 Å². The molecule has 2 N–H and O–H groups in total. The largest absolute Gasteiger partial charge is 0.323 e. The van der Waals surface area contributed by atoms with Gasteiger partial charge in [0.2, 0.25) is 0 Å². The van der Waals surface area contributed by atoms with Crippen LogP contribution in [0.15, 0.2) is 72.8 Å². The lowest BCUT2D eigenvalue weighted by atomic mass is 10.2. The Morgan fingerprint density at radius 3 is 2.46 bits per heavy atom. The van der Waals surface area contributed by atoms with E-state index in [1.807, 2.05) is 42.5 Å². The van der Waals surface area contributed by atoms with Gasteiger partial charge in [-0.2, -0.15) is 0 Å². The van der Waals surface area contributed by atoms with Crippen LogP contribution < -0.4 is 10.6 Å². The minimum atomic E-state index is -0.311. The molecule has 0 fully saturated rings. The van der Waals surface area contributed by atoms with Crippen LogP contribution in [0.25, 0.3) is 20.8 Å². The van der Waals surface area contributed by atoms with Crippen LogP contribution in [0.2, 0.25) is 5.02 Å². The average molecular weight is 380 g/mol. The summed E-state index contributed by atoms with van der Waals surface area (Å²) in [5, 5.41) is 7.17. The minimum Gasteiger partial charge on any atom is -0.308 e. The molecule has 0 aliphatic carbocycles. The fourth-order valence-corrected chi connectivity index (χ4v) is 3.64. The molecule has 0 spiro atoms.